The van der Waals surface area contributed by atoms with Gasteiger partial charge in [-0.2, -0.15) is 0 Å². The molecule has 1 aromatic carbocycles. The molecule has 2 aliphatic heterocycles. The predicted octanol–water partition coefficient (Wildman–Crippen LogP) is 0.377. The molecule has 0 bridgehead atoms. The third-order valence-corrected chi connectivity index (χ3v) is 7.33. The van der Waals surface area contributed by atoms with E-state index in [9.17, 15) is 13.2 Å². The smallest absolute Gasteiger partial charge is 0.246 e. The second kappa shape index (κ2) is 7.37. The molecule has 3 rings (SSSR count). The van der Waals surface area contributed by atoms with Gasteiger partial charge in [0.1, 0.15) is 11.8 Å². The van der Waals surface area contributed by atoms with Crippen LogP contribution in [0.15, 0.2) is 34.8 Å². The Kier molecular flexibility index (Phi) is 5.42. The van der Waals surface area contributed by atoms with E-state index in [0.717, 1.165) is 29.5 Å². The van der Waals surface area contributed by atoms with Crippen molar-refractivity contribution in [3.8, 4) is 0 Å². The number of hydrogen-bond donors (Lipinski definition) is 1. The van der Waals surface area contributed by atoms with Crippen LogP contribution < -0.4 is 4.90 Å². The fourth-order valence-corrected chi connectivity index (χ4v) is 5.66. The normalized spacial score (nSPS) is 24.5. The van der Waals surface area contributed by atoms with E-state index in [4.69, 9.17) is 0 Å². The second-order valence-electron chi connectivity index (χ2n) is 6.44. The highest BCUT2D eigenvalue weighted by Crippen LogP contribution is 2.17. The maximum atomic E-state index is 12.3. The Morgan fingerprint density at radius 1 is 1.25 bits per heavy atom. The summed E-state index contributed by atoms with van der Waals surface area (Å²) in [6, 6.07) is 7.99. The van der Waals surface area contributed by atoms with Crippen molar-refractivity contribution in [2.24, 2.45) is 0 Å². The van der Waals surface area contributed by atoms with Gasteiger partial charge < -0.3 is 9.80 Å². The molecule has 7 heteroatoms. The molecular weight excluding hydrogens is 392 g/mol. The zero-order valence-electron chi connectivity index (χ0n) is 13.4. The number of amides is 1. The van der Waals surface area contributed by atoms with Gasteiger partial charge in [-0.3, -0.25) is 4.79 Å². The number of carbonyl (C=O) groups excluding carboxylic acids is 1. The Labute approximate surface area is 151 Å². The zero-order valence-corrected chi connectivity index (χ0v) is 15.9. The van der Waals surface area contributed by atoms with Crippen LogP contribution in [0.3, 0.4) is 0 Å². The molecule has 0 saturated carbocycles. The molecule has 0 radical (unpaired) electrons. The average Bonchev–Trinajstić information content (AvgIpc) is 2.94. The highest BCUT2D eigenvalue weighted by Gasteiger charge is 2.37. The van der Waals surface area contributed by atoms with E-state index >= 15 is 0 Å². The summed E-state index contributed by atoms with van der Waals surface area (Å²) >= 11 is 3.47. The van der Waals surface area contributed by atoms with Gasteiger partial charge in [-0.15, -0.1) is 0 Å². The Balaban J connectivity index is 1.53. The predicted molar refractivity (Wildman–Crippen MR) is 97.5 cm³/mol. The van der Waals surface area contributed by atoms with E-state index in [0.29, 0.717) is 24.6 Å². The van der Waals surface area contributed by atoms with E-state index in [1.807, 2.05) is 35.2 Å². The largest absolute Gasteiger partial charge is 0.329 e. The van der Waals surface area contributed by atoms with Gasteiger partial charge in [0.25, 0.3) is 0 Å². The minimum atomic E-state index is -2.83. The Bertz CT molecular complexity index is 740. The number of piperazine rings is 1. The number of benzene rings is 1. The first-order chi connectivity index (χ1) is 11.4. The van der Waals surface area contributed by atoms with Gasteiger partial charge in [-0.1, -0.05) is 34.1 Å². The van der Waals surface area contributed by atoms with Gasteiger partial charge in [0.05, 0.1) is 31.9 Å². The summed E-state index contributed by atoms with van der Waals surface area (Å²) in [4.78, 5) is 15.5. The number of nitrogens with zero attached hydrogens (tertiary/aromatic N) is 1. The number of sulfone groups is 1. The summed E-state index contributed by atoms with van der Waals surface area (Å²) in [7, 11) is -2.83. The molecular formula is C17H22BrN2O3S+. The van der Waals surface area contributed by atoms with Gasteiger partial charge >= 0.3 is 0 Å². The quantitative estimate of drug-likeness (QED) is 0.728. The van der Waals surface area contributed by atoms with Gasteiger partial charge in [-0.25, -0.2) is 8.42 Å². The van der Waals surface area contributed by atoms with Crippen molar-refractivity contribution in [1.82, 2.24) is 4.90 Å². The van der Waals surface area contributed by atoms with E-state index < -0.39 is 9.84 Å². The maximum Gasteiger partial charge on any atom is 0.246 e. The van der Waals surface area contributed by atoms with Crippen LogP contribution in [0.2, 0.25) is 0 Å². The average molecular weight is 414 g/mol. The summed E-state index contributed by atoms with van der Waals surface area (Å²) in [6.07, 6.45) is 4.20. The number of quaternary nitrogens is 1. The molecule has 1 amide bonds. The SMILES string of the molecule is O=C(/C=C/c1ccccc1Br)N1CC[NH+]([C@@H]2CCS(=O)(=O)C2)CC1. The fourth-order valence-electron chi connectivity index (χ4n) is 3.42. The summed E-state index contributed by atoms with van der Waals surface area (Å²) in [6.45, 7) is 3.03. The first kappa shape index (κ1) is 17.6. The Morgan fingerprint density at radius 3 is 2.58 bits per heavy atom. The molecule has 2 saturated heterocycles. The molecule has 24 heavy (non-hydrogen) atoms. The van der Waals surface area contributed by atoms with Crippen molar-refractivity contribution in [2.75, 3.05) is 37.7 Å². The number of halogens is 1. The van der Waals surface area contributed by atoms with Gasteiger partial charge in [0, 0.05) is 17.0 Å². The monoisotopic (exact) mass is 413 g/mol. The molecule has 0 aliphatic carbocycles. The van der Waals surface area contributed by atoms with Gasteiger partial charge in [0.15, 0.2) is 9.84 Å². The summed E-state index contributed by atoms with van der Waals surface area (Å²) in [5.41, 5.74) is 0.978. The van der Waals surface area contributed by atoms with Crippen molar-refractivity contribution in [1.29, 1.82) is 0 Å². The lowest BCUT2D eigenvalue weighted by Gasteiger charge is -2.34. The molecule has 1 N–H and O–H groups in total. The summed E-state index contributed by atoms with van der Waals surface area (Å²) in [5.74, 6) is 0.639. The van der Waals surface area contributed by atoms with E-state index in [1.165, 1.54) is 4.90 Å². The highest BCUT2D eigenvalue weighted by molar-refractivity contribution is 9.10. The standard InChI is InChI=1S/C17H21BrN2O3S/c18-16-4-2-1-3-14(16)5-6-17(21)20-10-8-19(9-11-20)15-7-12-24(22,23)13-15/h1-6,15H,7-13H2/p+1/b6-5+/t15-/m1/s1. The van der Waals surface area contributed by atoms with Crippen LogP contribution >= 0.6 is 15.9 Å². The van der Waals surface area contributed by atoms with Crippen molar-refractivity contribution in [3.63, 3.8) is 0 Å². The number of carbonyl (C=O) groups is 1. The molecule has 2 aliphatic rings. The maximum absolute atomic E-state index is 12.3. The van der Waals surface area contributed by atoms with Crippen LogP contribution in [0.1, 0.15) is 12.0 Å². The number of rotatable bonds is 3. The van der Waals surface area contributed by atoms with Crippen LogP contribution in [0.4, 0.5) is 0 Å². The fraction of sp³-hybridized carbons (Fsp3) is 0.471. The van der Waals surface area contributed by atoms with Crippen LogP contribution in [-0.2, 0) is 14.6 Å². The molecule has 1 atom stereocenters. The van der Waals surface area contributed by atoms with E-state index in [-0.39, 0.29) is 11.9 Å². The third kappa shape index (κ3) is 4.26. The van der Waals surface area contributed by atoms with Crippen molar-refractivity contribution >= 4 is 37.8 Å². The number of hydrogen-bond acceptors (Lipinski definition) is 3. The lowest BCUT2D eigenvalue weighted by atomic mass is 10.2. The van der Waals surface area contributed by atoms with Crippen LogP contribution in [0.25, 0.3) is 6.08 Å². The summed E-state index contributed by atoms with van der Waals surface area (Å²) < 4.78 is 24.2. The van der Waals surface area contributed by atoms with E-state index in [1.54, 1.807) is 6.08 Å². The summed E-state index contributed by atoms with van der Waals surface area (Å²) in [5, 5.41) is 0. The topological polar surface area (TPSA) is 58.9 Å². The second-order valence-corrected chi connectivity index (χ2v) is 9.52. The molecule has 5 nitrogen and oxygen atoms in total. The van der Waals surface area contributed by atoms with Crippen molar-refractivity contribution < 1.29 is 18.1 Å². The first-order valence-electron chi connectivity index (χ1n) is 8.21. The Morgan fingerprint density at radius 2 is 1.96 bits per heavy atom. The van der Waals surface area contributed by atoms with Gasteiger partial charge in [-0.05, 0) is 17.7 Å². The Hall–Kier alpha value is -1.18. The zero-order chi connectivity index (χ0) is 17.2. The molecule has 1 aromatic rings. The van der Waals surface area contributed by atoms with Crippen LogP contribution in [0.5, 0.6) is 0 Å². The van der Waals surface area contributed by atoms with Crippen molar-refractivity contribution in [3.05, 3.63) is 40.4 Å². The van der Waals surface area contributed by atoms with Gasteiger partial charge in [0.2, 0.25) is 5.91 Å². The lowest BCUT2D eigenvalue weighted by Crippen LogP contribution is -3.18. The highest BCUT2D eigenvalue weighted by atomic mass is 79.9. The minimum Gasteiger partial charge on any atom is -0.329 e. The van der Waals surface area contributed by atoms with Crippen LogP contribution in [0, 0.1) is 0 Å². The third-order valence-electron chi connectivity index (χ3n) is 4.84. The van der Waals surface area contributed by atoms with E-state index in [2.05, 4.69) is 15.9 Å². The lowest BCUT2D eigenvalue weighted by molar-refractivity contribution is -0.925. The first-order valence-corrected chi connectivity index (χ1v) is 10.8. The molecule has 2 heterocycles. The molecule has 2 fully saturated rings. The van der Waals surface area contributed by atoms with Crippen LogP contribution in [-0.4, -0.2) is 63.0 Å². The molecule has 0 aromatic heterocycles. The van der Waals surface area contributed by atoms with Crippen molar-refractivity contribution in [2.45, 2.75) is 12.5 Å². The number of nitrogens with one attached hydrogen (secondary N) is 1. The molecule has 0 spiro atoms. The minimum absolute atomic E-state index is 0.0175. The molecule has 0 unspecified atom stereocenters. The molecule has 130 valence electrons.